The molecule has 0 saturated carbocycles. The molecule has 92 valence electrons. The fourth-order valence-corrected chi connectivity index (χ4v) is 1.26. The number of carboxylic acids is 1. The highest BCUT2D eigenvalue weighted by molar-refractivity contribution is 7.13. The summed E-state index contributed by atoms with van der Waals surface area (Å²) in [6.45, 7) is 2.63. The molecule has 3 N–H and O–H groups in total. The standard InChI is InChI=1S/C9H11N3O4S/c1-9(2,7(14)15)16-11-3-6(13)5-4-17-8(10)12-5/h3-4H,1-2H3,(H2,10,12)(H,14,15). The van der Waals surface area contributed by atoms with Gasteiger partial charge in [-0.2, -0.15) is 0 Å². The van der Waals surface area contributed by atoms with Crippen LogP contribution in [0, 0.1) is 0 Å². The number of anilines is 1. The van der Waals surface area contributed by atoms with Crippen molar-refractivity contribution in [2.24, 2.45) is 5.16 Å². The minimum Gasteiger partial charge on any atom is -0.478 e. The van der Waals surface area contributed by atoms with Gasteiger partial charge in [-0.3, -0.25) is 4.79 Å². The molecular formula is C9H11N3O4S. The van der Waals surface area contributed by atoms with Crippen molar-refractivity contribution in [3.63, 3.8) is 0 Å². The van der Waals surface area contributed by atoms with E-state index in [1.54, 1.807) is 0 Å². The summed E-state index contributed by atoms with van der Waals surface area (Å²) in [4.78, 5) is 30.5. The lowest BCUT2D eigenvalue weighted by molar-refractivity contribution is -0.161. The molecule has 8 heteroatoms. The molecule has 0 radical (unpaired) electrons. The Balaban J connectivity index is 2.61. The Labute approximate surface area is 101 Å². The second-order valence-corrected chi connectivity index (χ2v) is 4.47. The van der Waals surface area contributed by atoms with E-state index >= 15 is 0 Å². The summed E-state index contributed by atoms with van der Waals surface area (Å²) < 4.78 is 0. The predicted octanol–water partition coefficient (Wildman–Crippen LogP) is 0.774. The molecule has 17 heavy (non-hydrogen) atoms. The Hall–Kier alpha value is -1.96. The van der Waals surface area contributed by atoms with Crippen molar-refractivity contribution in [2.75, 3.05) is 5.73 Å². The summed E-state index contributed by atoms with van der Waals surface area (Å²) in [5, 5.41) is 13.8. The number of nitrogens with zero attached hydrogens (tertiary/aromatic N) is 2. The van der Waals surface area contributed by atoms with Gasteiger partial charge in [-0.1, -0.05) is 5.16 Å². The molecule has 0 aliphatic rings. The summed E-state index contributed by atoms with van der Waals surface area (Å²) in [6.07, 6.45) is 0.860. The highest BCUT2D eigenvalue weighted by Gasteiger charge is 2.29. The third kappa shape index (κ3) is 3.52. The van der Waals surface area contributed by atoms with Crippen LogP contribution in [0.15, 0.2) is 10.5 Å². The number of thiazole rings is 1. The first-order chi connectivity index (χ1) is 7.83. The first-order valence-corrected chi connectivity index (χ1v) is 5.41. The molecule has 1 rings (SSSR count). The second-order valence-electron chi connectivity index (χ2n) is 3.58. The SMILES string of the molecule is CC(C)(ON=CC(=O)c1csc(N)n1)C(=O)O. The molecule has 0 unspecified atom stereocenters. The van der Waals surface area contributed by atoms with E-state index in [9.17, 15) is 9.59 Å². The maximum absolute atomic E-state index is 11.4. The lowest BCUT2D eigenvalue weighted by atomic mass is 10.1. The van der Waals surface area contributed by atoms with Crippen LogP contribution in [0.1, 0.15) is 24.3 Å². The van der Waals surface area contributed by atoms with E-state index in [1.807, 2.05) is 0 Å². The molecule has 0 fully saturated rings. The number of aromatic nitrogens is 1. The number of ketones is 1. The zero-order valence-corrected chi connectivity index (χ0v) is 10.0. The van der Waals surface area contributed by atoms with E-state index in [4.69, 9.17) is 10.8 Å². The topological polar surface area (TPSA) is 115 Å². The van der Waals surface area contributed by atoms with Crippen molar-refractivity contribution in [1.82, 2.24) is 4.98 Å². The Kier molecular flexibility index (Phi) is 3.79. The monoisotopic (exact) mass is 257 g/mol. The predicted molar refractivity (Wildman–Crippen MR) is 62.1 cm³/mol. The first kappa shape index (κ1) is 13.1. The van der Waals surface area contributed by atoms with Crippen molar-refractivity contribution >= 4 is 34.4 Å². The number of aliphatic carboxylic acids is 1. The molecule has 0 saturated heterocycles. The molecule has 0 aliphatic carbocycles. The highest BCUT2D eigenvalue weighted by Crippen LogP contribution is 2.12. The minimum atomic E-state index is -1.49. The van der Waals surface area contributed by atoms with Crippen LogP contribution < -0.4 is 5.73 Å². The maximum Gasteiger partial charge on any atom is 0.350 e. The molecule has 7 nitrogen and oxygen atoms in total. The van der Waals surface area contributed by atoms with Crippen LogP contribution >= 0.6 is 11.3 Å². The summed E-state index contributed by atoms with van der Waals surface area (Å²) in [7, 11) is 0. The van der Waals surface area contributed by atoms with E-state index in [0.717, 1.165) is 17.6 Å². The van der Waals surface area contributed by atoms with Gasteiger partial charge in [0.15, 0.2) is 5.13 Å². The van der Waals surface area contributed by atoms with Crippen molar-refractivity contribution in [2.45, 2.75) is 19.4 Å². The van der Waals surface area contributed by atoms with Gasteiger partial charge in [-0.05, 0) is 13.8 Å². The van der Waals surface area contributed by atoms with Gasteiger partial charge >= 0.3 is 5.97 Å². The minimum absolute atomic E-state index is 0.146. The molecule has 0 aliphatic heterocycles. The second kappa shape index (κ2) is 4.91. The van der Waals surface area contributed by atoms with Crippen LogP contribution in [0.25, 0.3) is 0 Å². The molecule has 0 atom stereocenters. The summed E-state index contributed by atoms with van der Waals surface area (Å²) in [5.41, 5.74) is 4.01. The van der Waals surface area contributed by atoms with Gasteiger partial charge in [-0.25, -0.2) is 9.78 Å². The van der Waals surface area contributed by atoms with Crippen molar-refractivity contribution < 1.29 is 19.5 Å². The van der Waals surface area contributed by atoms with E-state index in [2.05, 4.69) is 15.0 Å². The van der Waals surface area contributed by atoms with Crippen LogP contribution in [-0.2, 0) is 9.63 Å². The fraction of sp³-hybridized carbons (Fsp3) is 0.333. The van der Waals surface area contributed by atoms with Gasteiger partial charge in [0.1, 0.15) is 11.9 Å². The van der Waals surface area contributed by atoms with Crippen LogP contribution in [0.2, 0.25) is 0 Å². The number of Topliss-reactive ketones (excluding diaryl/α,β-unsaturated/α-hetero) is 1. The molecule has 0 bridgehead atoms. The zero-order chi connectivity index (χ0) is 13.1. The number of rotatable bonds is 5. The molecular weight excluding hydrogens is 246 g/mol. The van der Waals surface area contributed by atoms with Crippen LogP contribution in [0.4, 0.5) is 5.13 Å². The Morgan fingerprint density at radius 3 is 2.76 bits per heavy atom. The third-order valence-electron chi connectivity index (χ3n) is 1.74. The van der Waals surface area contributed by atoms with Gasteiger partial charge in [0.05, 0.1) is 0 Å². The number of carbonyl (C=O) groups is 2. The molecule has 1 aromatic heterocycles. The zero-order valence-electron chi connectivity index (χ0n) is 9.21. The van der Waals surface area contributed by atoms with E-state index in [1.165, 1.54) is 19.2 Å². The van der Waals surface area contributed by atoms with Gasteiger partial charge in [0, 0.05) is 5.38 Å². The normalized spacial score (nSPS) is 11.6. The Bertz CT molecular complexity index is 467. The Morgan fingerprint density at radius 2 is 2.29 bits per heavy atom. The smallest absolute Gasteiger partial charge is 0.350 e. The highest BCUT2D eigenvalue weighted by atomic mass is 32.1. The molecule has 0 spiro atoms. The lowest BCUT2D eigenvalue weighted by Gasteiger charge is -2.15. The average Bonchev–Trinajstić information content (AvgIpc) is 2.64. The number of hydrogen-bond acceptors (Lipinski definition) is 7. The first-order valence-electron chi connectivity index (χ1n) is 4.53. The van der Waals surface area contributed by atoms with Crippen LogP contribution in [-0.4, -0.2) is 33.7 Å². The van der Waals surface area contributed by atoms with Gasteiger partial charge in [0.2, 0.25) is 11.4 Å². The van der Waals surface area contributed by atoms with Crippen molar-refractivity contribution in [3.8, 4) is 0 Å². The number of nitrogen functional groups attached to an aromatic ring is 1. The number of hydrogen-bond donors (Lipinski definition) is 2. The summed E-state index contributed by atoms with van der Waals surface area (Å²) >= 11 is 1.13. The van der Waals surface area contributed by atoms with Gasteiger partial charge < -0.3 is 15.7 Å². The number of carbonyl (C=O) groups excluding carboxylic acids is 1. The molecule has 1 heterocycles. The van der Waals surface area contributed by atoms with Crippen molar-refractivity contribution in [1.29, 1.82) is 0 Å². The average molecular weight is 257 g/mol. The van der Waals surface area contributed by atoms with Gasteiger partial charge in [-0.15, -0.1) is 11.3 Å². The summed E-state index contributed by atoms with van der Waals surface area (Å²) in [5.74, 6) is -1.68. The van der Waals surface area contributed by atoms with Crippen LogP contribution in [0.5, 0.6) is 0 Å². The molecule has 0 amide bonds. The largest absolute Gasteiger partial charge is 0.478 e. The van der Waals surface area contributed by atoms with E-state index in [0.29, 0.717) is 0 Å². The van der Waals surface area contributed by atoms with E-state index in [-0.39, 0.29) is 10.8 Å². The quantitative estimate of drug-likeness (QED) is 0.457. The van der Waals surface area contributed by atoms with Gasteiger partial charge in [0.25, 0.3) is 0 Å². The molecule has 0 aromatic carbocycles. The maximum atomic E-state index is 11.4. The summed E-state index contributed by atoms with van der Waals surface area (Å²) in [6, 6.07) is 0. The molecule has 1 aromatic rings. The number of carboxylic acid groups (broad SMARTS) is 1. The van der Waals surface area contributed by atoms with E-state index < -0.39 is 17.4 Å². The Morgan fingerprint density at radius 1 is 1.65 bits per heavy atom. The lowest BCUT2D eigenvalue weighted by Crippen LogP contribution is -2.33. The van der Waals surface area contributed by atoms with Crippen LogP contribution in [0.3, 0.4) is 0 Å². The fourth-order valence-electron chi connectivity index (χ4n) is 0.712. The number of oxime groups is 1. The number of nitrogens with two attached hydrogens (primary N) is 1. The van der Waals surface area contributed by atoms with Crippen molar-refractivity contribution in [3.05, 3.63) is 11.1 Å². The third-order valence-corrected chi connectivity index (χ3v) is 2.41.